The van der Waals surface area contributed by atoms with Crippen LogP contribution in [0.4, 0.5) is 13.2 Å². The zero-order valence-electron chi connectivity index (χ0n) is 10.5. The number of rotatable bonds is 4. The van der Waals surface area contributed by atoms with Crippen LogP contribution in [0.15, 0.2) is 24.3 Å². The van der Waals surface area contributed by atoms with Gasteiger partial charge in [0.25, 0.3) is 0 Å². The van der Waals surface area contributed by atoms with Crippen LogP contribution in [-0.4, -0.2) is 25.5 Å². The number of piperidine rings is 1. The molecule has 0 bridgehead atoms. The molecule has 1 aliphatic heterocycles. The van der Waals surface area contributed by atoms with Crippen LogP contribution in [0.3, 0.4) is 0 Å². The molecule has 1 atom stereocenters. The number of hydrogen-bond donors (Lipinski definition) is 2. The van der Waals surface area contributed by atoms with Gasteiger partial charge in [-0.05, 0) is 37.1 Å². The number of halogens is 3. The Morgan fingerprint density at radius 2 is 2.00 bits per heavy atom. The zero-order chi connectivity index (χ0) is 13.7. The second-order valence-electron chi connectivity index (χ2n) is 4.62. The molecule has 0 saturated carbocycles. The van der Waals surface area contributed by atoms with E-state index < -0.39 is 6.36 Å². The van der Waals surface area contributed by atoms with E-state index in [9.17, 15) is 13.2 Å². The first-order chi connectivity index (χ1) is 9.03. The van der Waals surface area contributed by atoms with E-state index in [1.54, 1.807) is 12.1 Å². The third-order valence-corrected chi connectivity index (χ3v) is 3.05. The quantitative estimate of drug-likeness (QED) is 0.884. The van der Waals surface area contributed by atoms with E-state index in [0.717, 1.165) is 31.5 Å². The van der Waals surface area contributed by atoms with Crippen LogP contribution in [0.5, 0.6) is 5.75 Å². The molecule has 0 aliphatic carbocycles. The molecule has 1 aliphatic rings. The van der Waals surface area contributed by atoms with Gasteiger partial charge in [-0.3, -0.25) is 0 Å². The van der Waals surface area contributed by atoms with E-state index in [0.29, 0.717) is 12.6 Å². The van der Waals surface area contributed by atoms with Crippen molar-refractivity contribution >= 4 is 0 Å². The van der Waals surface area contributed by atoms with Crippen LogP contribution in [-0.2, 0) is 6.54 Å². The topological polar surface area (TPSA) is 33.3 Å². The second kappa shape index (κ2) is 6.25. The number of hydrogen-bond acceptors (Lipinski definition) is 3. The van der Waals surface area contributed by atoms with Gasteiger partial charge in [0.15, 0.2) is 0 Å². The lowest BCUT2D eigenvalue weighted by Gasteiger charge is -2.24. The molecular weight excluding hydrogens is 257 g/mol. The van der Waals surface area contributed by atoms with Gasteiger partial charge < -0.3 is 15.4 Å². The van der Waals surface area contributed by atoms with Gasteiger partial charge in [-0.15, -0.1) is 13.2 Å². The fraction of sp³-hybridized carbons (Fsp3) is 0.538. The van der Waals surface area contributed by atoms with Gasteiger partial charge in [-0.25, -0.2) is 0 Å². The van der Waals surface area contributed by atoms with E-state index in [2.05, 4.69) is 15.4 Å². The highest BCUT2D eigenvalue weighted by Crippen LogP contribution is 2.22. The minimum Gasteiger partial charge on any atom is -0.406 e. The standard InChI is InChI=1S/C13H17F3N2O/c14-13(15,16)19-12-5-3-10(4-6-12)8-18-11-2-1-7-17-9-11/h3-6,11,17-18H,1-2,7-9H2. The summed E-state index contributed by atoms with van der Waals surface area (Å²) in [6.45, 7) is 2.65. The van der Waals surface area contributed by atoms with Crippen LogP contribution >= 0.6 is 0 Å². The van der Waals surface area contributed by atoms with Crippen molar-refractivity contribution in [1.82, 2.24) is 10.6 Å². The minimum absolute atomic E-state index is 0.185. The molecule has 1 aromatic carbocycles. The Morgan fingerprint density at radius 3 is 2.58 bits per heavy atom. The highest BCUT2D eigenvalue weighted by molar-refractivity contribution is 5.27. The summed E-state index contributed by atoms with van der Waals surface area (Å²) in [5.41, 5.74) is 0.945. The van der Waals surface area contributed by atoms with Crippen molar-refractivity contribution in [2.75, 3.05) is 13.1 Å². The molecule has 106 valence electrons. The van der Waals surface area contributed by atoms with Gasteiger partial charge in [-0.1, -0.05) is 12.1 Å². The fourth-order valence-electron chi connectivity index (χ4n) is 2.10. The molecule has 0 amide bonds. The molecule has 1 fully saturated rings. The van der Waals surface area contributed by atoms with Crippen LogP contribution in [0.1, 0.15) is 18.4 Å². The molecule has 0 spiro atoms. The molecule has 6 heteroatoms. The Morgan fingerprint density at radius 1 is 1.26 bits per heavy atom. The Hall–Kier alpha value is -1.27. The summed E-state index contributed by atoms with van der Waals surface area (Å²) in [6, 6.07) is 6.39. The van der Waals surface area contributed by atoms with Crippen molar-refractivity contribution in [2.24, 2.45) is 0 Å². The third kappa shape index (κ3) is 5.08. The highest BCUT2D eigenvalue weighted by Gasteiger charge is 2.30. The lowest BCUT2D eigenvalue weighted by Crippen LogP contribution is -2.42. The Labute approximate surface area is 110 Å². The minimum atomic E-state index is -4.63. The van der Waals surface area contributed by atoms with Crippen LogP contribution in [0.2, 0.25) is 0 Å². The van der Waals surface area contributed by atoms with Crippen molar-refractivity contribution in [2.45, 2.75) is 31.8 Å². The van der Waals surface area contributed by atoms with Gasteiger partial charge in [-0.2, -0.15) is 0 Å². The summed E-state index contributed by atoms with van der Waals surface area (Å²) in [5.74, 6) is -0.185. The second-order valence-corrected chi connectivity index (χ2v) is 4.62. The van der Waals surface area contributed by atoms with Crippen LogP contribution < -0.4 is 15.4 Å². The Bertz CT molecular complexity index is 386. The first kappa shape index (κ1) is 14.1. The molecular formula is C13H17F3N2O. The summed E-state index contributed by atoms with van der Waals surface area (Å²) < 4.78 is 39.8. The average Bonchev–Trinajstić information content (AvgIpc) is 2.37. The highest BCUT2D eigenvalue weighted by atomic mass is 19.4. The third-order valence-electron chi connectivity index (χ3n) is 3.05. The Balaban J connectivity index is 1.81. The number of benzene rings is 1. The average molecular weight is 274 g/mol. The van der Waals surface area contributed by atoms with Gasteiger partial charge in [0.2, 0.25) is 0 Å². The first-order valence-electron chi connectivity index (χ1n) is 6.32. The maximum atomic E-state index is 12.0. The maximum absolute atomic E-state index is 12.0. The molecule has 2 rings (SSSR count). The number of nitrogens with one attached hydrogen (secondary N) is 2. The van der Waals surface area contributed by atoms with E-state index in [-0.39, 0.29) is 5.75 Å². The summed E-state index contributed by atoms with van der Waals surface area (Å²) in [6.07, 6.45) is -2.36. The smallest absolute Gasteiger partial charge is 0.406 e. The maximum Gasteiger partial charge on any atom is 0.573 e. The van der Waals surface area contributed by atoms with Gasteiger partial charge >= 0.3 is 6.36 Å². The molecule has 0 aromatic heterocycles. The first-order valence-corrected chi connectivity index (χ1v) is 6.32. The predicted octanol–water partition coefficient (Wildman–Crippen LogP) is 2.43. The Kier molecular flexibility index (Phi) is 4.66. The predicted molar refractivity (Wildman–Crippen MR) is 65.9 cm³/mol. The monoisotopic (exact) mass is 274 g/mol. The molecule has 2 N–H and O–H groups in total. The van der Waals surface area contributed by atoms with E-state index in [4.69, 9.17) is 0 Å². The number of ether oxygens (including phenoxy) is 1. The van der Waals surface area contributed by atoms with Gasteiger partial charge in [0.1, 0.15) is 5.75 Å². The normalized spacial score (nSPS) is 20.3. The molecule has 1 saturated heterocycles. The van der Waals surface area contributed by atoms with Gasteiger partial charge in [0.05, 0.1) is 0 Å². The summed E-state index contributed by atoms with van der Waals surface area (Å²) in [7, 11) is 0. The van der Waals surface area contributed by atoms with Crippen molar-refractivity contribution in [1.29, 1.82) is 0 Å². The fourth-order valence-corrected chi connectivity index (χ4v) is 2.10. The summed E-state index contributed by atoms with van der Waals surface area (Å²) in [4.78, 5) is 0. The van der Waals surface area contributed by atoms with Crippen molar-refractivity contribution in [3.63, 3.8) is 0 Å². The summed E-state index contributed by atoms with van der Waals surface area (Å²) in [5, 5.41) is 6.68. The van der Waals surface area contributed by atoms with Gasteiger partial charge in [0, 0.05) is 19.1 Å². The largest absolute Gasteiger partial charge is 0.573 e. The van der Waals surface area contributed by atoms with Crippen molar-refractivity contribution in [3.8, 4) is 5.75 Å². The molecule has 3 nitrogen and oxygen atoms in total. The van der Waals surface area contributed by atoms with Crippen LogP contribution in [0, 0.1) is 0 Å². The van der Waals surface area contributed by atoms with Crippen LogP contribution in [0.25, 0.3) is 0 Å². The van der Waals surface area contributed by atoms with Crippen molar-refractivity contribution in [3.05, 3.63) is 29.8 Å². The molecule has 1 heterocycles. The zero-order valence-corrected chi connectivity index (χ0v) is 10.5. The molecule has 1 unspecified atom stereocenters. The number of alkyl halides is 3. The lowest BCUT2D eigenvalue weighted by atomic mass is 10.1. The SMILES string of the molecule is FC(F)(F)Oc1ccc(CNC2CCCNC2)cc1. The molecule has 19 heavy (non-hydrogen) atoms. The lowest BCUT2D eigenvalue weighted by molar-refractivity contribution is -0.274. The van der Waals surface area contributed by atoms with Crippen molar-refractivity contribution < 1.29 is 17.9 Å². The summed E-state index contributed by atoms with van der Waals surface area (Å²) >= 11 is 0. The van der Waals surface area contributed by atoms with E-state index in [1.165, 1.54) is 12.1 Å². The molecule has 1 aromatic rings. The van der Waals surface area contributed by atoms with E-state index in [1.807, 2.05) is 0 Å². The molecule has 0 radical (unpaired) electrons. The van der Waals surface area contributed by atoms with E-state index >= 15 is 0 Å².